The van der Waals surface area contributed by atoms with Gasteiger partial charge >= 0.3 is 42.8 Å². The van der Waals surface area contributed by atoms with E-state index in [9.17, 15) is 33.6 Å². The summed E-state index contributed by atoms with van der Waals surface area (Å²) in [5, 5.41) is 9.39. The van der Waals surface area contributed by atoms with Crippen LogP contribution >= 0.6 is 0 Å². The Hall–Kier alpha value is -8.69. The lowest BCUT2D eigenvalue weighted by Gasteiger charge is -2.27. The number of H-pyrrole nitrogens is 2. The van der Waals surface area contributed by atoms with E-state index in [2.05, 4.69) is 44.6 Å². The Labute approximate surface area is 495 Å². The van der Waals surface area contributed by atoms with Crippen LogP contribution in [0.3, 0.4) is 0 Å². The number of carbonyl (C=O) groups excluding carboxylic acids is 7. The van der Waals surface area contributed by atoms with E-state index in [1.54, 1.807) is 172 Å². The van der Waals surface area contributed by atoms with Crippen LogP contribution in [0.5, 0.6) is 0 Å². The van der Waals surface area contributed by atoms with Gasteiger partial charge in [-0.25, -0.2) is 53.1 Å². The van der Waals surface area contributed by atoms with Gasteiger partial charge in [-0.2, -0.15) is 15.0 Å². The Morgan fingerprint density at radius 1 is 0.435 bits per heavy atom. The molecule has 5 N–H and O–H groups in total. The number of fused-ring (bicyclic) bond motifs is 3. The van der Waals surface area contributed by atoms with Gasteiger partial charge in [-0.3, -0.25) is 0 Å². The summed E-state index contributed by atoms with van der Waals surface area (Å²) in [4.78, 5) is 118. The molecular formula is C57H86N12O16. The smallest absolute Gasteiger partial charge is 0.443 e. The Morgan fingerprint density at radius 2 is 0.753 bits per heavy atom. The third-order valence-corrected chi connectivity index (χ3v) is 9.18. The van der Waals surface area contributed by atoms with Gasteiger partial charge in [-0.05, 0) is 184 Å². The number of hydrogen-bond acceptors (Lipinski definition) is 23. The lowest BCUT2D eigenvalue weighted by atomic mass is 10.2. The summed E-state index contributed by atoms with van der Waals surface area (Å²) in [6.07, 6.45) is -1.53. The number of aryl methyl sites for hydroxylation is 3. The van der Waals surface area contributed by atoms with Crippen molar-refractivity contribution in [2.75, 3.05) is 22.6 Å². The summed E-state index contributed by atoms with van der Waals surface area (Å²) >= 11 is 0. The zero-order chi connectivity index (χ0) is 65.8. The van der Waals surface area contributed by atoms with Gasteiger partial charge in [-0.15, -0.1) is 9.80 Å². The molecule has 0 aliphatic heterocycles. The molecule has 0 saturated carbocycles. The Bertz CT molecular complexity index is 3220. The minimum atomic E-state index is -1.06. The molecule has 0 aromatic carbocycles. The van der Waals surface area contributed by atoms with Crippen molar-refractivity contribution in [2.24, 2.45) is 0 Å². The van der Waals surface area contributed by atoms with E-state index in [0.29, 0.717) is 38.2 Å². The fraction of sp³-hybridized carbons (Fsp3) is 0.561. The lowest BCUT2D eigenvalue weighted by molar-refractivity contribution is -0.0295. The fourth-order valence-corrected chi connectivity index (χ4v) is 6.32. The van der Waals surface area contributed by atoms with E-state index in [1.807, 2.05) is 25.3 Å². The number of nitrogen functional groups attached to an aromatic ring is 1. The van der Waals surface area contributed by atoms with Gasteiger partial charge in [0.05, 0.1) is 17.1 Å². The number of ether oxygens (including phenoxy) is 8. The number of imide groups is 2. The highest BCUT2D eigenvalue weighted by molar-refractivity contribution is 6.09. The average Bonchev–Trinajstić information content (AvgIpc) is 4.29. The first-order valence-corrected chi connectivity index (χ1v) is 26.6. The molecule has 0 aliphatic rings. The third-order valence-electron chi connectivity index (χ3n) is 9.18. The molecule has 0 bridgehead atoms. The molecule has 28 heteroatoms. The molecule has 0 fully saturated rings. The van der Waals surface area contributed by atoms with E-state index in [4.69, 9.17) is 44.0 Å². The van der Waals surface area contributed by atoms with Gasteiger partial charge in [0.15, 0.2) is 5.65 Å². The van der Waals surface area contributed by atoms with E-state index < -0.39 is 82.0 Å². The summed E-state index contributed by atoms with van der Waals surface area (Å²) in [7, 11) is 1.00. The number of nitrogens with zero attached hydrogens (tertiary/aromatic N) is 9. The van der Waals surface area contributed by atoms with E-state index in [1.165, 1.54) is 10.8 Å². The SMILES string of the molecule is CC(C)(C)OC(=O)OC(=O)OC(C)(C)C.CO.Cc1nc(N(C(=O)OC(C)(C)C)C(=O)OC(C)(C)C)nc2[nH]ccc12.Cc1nc(N(C(=O)OC(C)(C)C)C(=O)OC(C)(C)C)nc2c1ccn2C(=O)OC(C)(C)C.Cc1nc(N)nc2[nH]ccc12. The maximum Gasteiger partial charge on any atom is 0.519 e. The normalized spacial score (nSPS) is 11.8. The van der Waals surface area contributed by atoms with Crippen molar-refractivity contribution in [3.8, 4) is 0 Å². The monoisotopic (exact) mass is 1190 g/mol. The average molecular weight is 1200 g/mol. The molecule has 470 valence electrons. The molecule has 6 aromatic heterocycles. The van der Waals surface area contributed by atoms with Gasteiger partial charge < -0.3 is 58.7 Å². The molecule has 0 radical (unpaired) electrons. The predicted molar refractivity (Wildman–Crippen MR) is 317 cm³/mol. The number of amides is 4. The number of anilines is 3. The highest BCUT2D eigenvalue weighted by Crippen LogP contribution is 2.27. The number of aliphatic hydroxyl groups is 1. The Kier molecular flexibility index (Phi) is 24.1. The van der Waals surface area contributed by atoms with Crippen LogP contribution in [-0.2, 0) is 37.9 Å². The summed E-state index contributed by atoms with van der Waals surface area (Å²) < 4.78 is 41.8. The third kappa shape index (κ3) is 25.0. The lowest BCUT2D eigenvalue weighted by Crippen LogP contribution is -2.44. The number of nitrogens with one attached hydrogen (secondary N) is 2. The highest BCUT2D eigenvalue weighted by atomic mass is 16.8. The summed E-state index contributed by atoms with van der Waals surface area (Å²) in [5.41, 5.74) is 3.46. The zero-order valence-electron chi connectivity index (χ0n) is 53.6. The molecule has 85 heavy (non-hydrogen) atoms. The van der Waals surface area contributed by atoms with Crippen LogP contribution in [0, 0.1) is 20.8 Å². The number of hydrogen-bond donors (Lipinski definition) is 4. The first-order chi connectivity index (χ1) is 38.5. The van der Waals surface area contributed by atoms with Crippen LogP contribution in [-0.4, -0.2) is 139 Å². The molecule has 0 spiro atoms. The van der Waals surface area contributed by atoms with Crippen molar-refractivity contribution >= 4 is 93.7 Å². The quantitative estimate of drug-likeness (QED) is 0.0710. The van der Waals surface area contributed by atoms with E-state index >= 15 is 0 Å². The number of aromatic amines is 2. The van der Waals surface area contributed by atoms with Crippen molar-refractivity contribution in [3.05, 3.63) is 53.9 Å². The van der Waals surface area contributed by atoms with Crippen LogP contribution in [0.4, 0.5) is 51.4 Å². The van der Waals surface area contributed by atoms with Crippen molar-refractivity contribution in [1.82, 2.24) is 44.4 Å². The number of nitrogens with two attached hydrogens (primary N) is 1. The van der Waals surface area contributed by atoms with Gasteiger partial charge in [0.1, 0.15) is 50.5 Å². The minimum Gasteiger partial charge on any atom is -0.443 e. The van der Waals surface area contributed by atoms with Gasteiger partial charge in [0.2, 0.25) is 17.8 Å². The summed E-state index contributed by atoms with van der Waals surface area (Å²) in [6.45, 7) is 40.9. The zero-order valence-corrected chi connectivity index (χ0v) is 53.6. The fourth-order valence-electron chi connectivity index (χ4n) is 6.32. The minimum absolute atomic E-state index is 0.101. The number of aliphatic hydroxyl groups excluding tert-OH is 1. The number of rotatable bonds is 2. The second-order valence-electron chi connectivity index (χ2n) is 25.4. The molecule has 0 saturated heterocycles. The molecule has 6 aromatic rings. The maximum absolute atomic E-state index is 12.9. The van der Waals surface area contributed by atoms with E-state index in [0.717, 1.165) is 29.2 Å². The van der Waals surface area contributed by atoms with Crippen LogP contribution in [0.15, 0.2) is 36.8 Å². The summed E-state index contributed by atoms with van der Waals surface area (Å²) in [6, 6.07) is 5.41. The van der Waals surface area contributed by atoms with Gasteiger partial charge in [0.25, 0.3) is 0 Å². The molecule has 0 atom stereocenters. The van der Waals surface area contributed by atoms with Crippen molar-refractivity contribution in [3.63, 3.8) is 0 Å². The van der Waals surface area contributed by atoms with E-state index in [-0.39, 0.29) is 17.5 Å². The highest BCUT2D eigenvalue weighted by Gasteiger charge is 2.37. The van der Waals surface area contributed by atoms with Crippen molar-refractivity contribution < 1.29 is 76.6 Å². The first-order valence-electron chi connectivity index (χ1n) is 26.6. The van der Waals surface area contributed by atoms with Gasteiger partial charge in [-0.1, -0.05) is 0 Å². The molecule has 6 rings (SSSR count). The number of aromatic nitrogens is 9. The van der Waals surface area contributed by atoms with Crippen molar-refractivity contribution in [1.29, 1.82) is 0 Å². The molecule has 0 unspecified atom stereocenters. The Balaban J connectivity index is 0.000000410. The maximum atomic E-state index is 12.9. The van der Waals surface area contributed by atoms with Crippen LogP contribution in [0.25, 0.3) is 33.1 Å². The summed E-state index contributed by atoms with van der Waals surface area (Å²) in [5.74, 6) is -0.0598. The molecule has 28 nitrogen and oxygen atoms in total. The first kappa shape index (κ1) is 72.4. The van der Waals surface area contributed by atoms with Gasteiger partial charge in [0, 0.05) is 41.9 Å². The topological polar surface area (TPSA) is 360 Å². The van der Waals surface area contributed by atoms with Crippen molar-refractivity contribution in [2.45, 2.75) is 205 Å². The molecule has 6 heterocycles. The largest absolute Gasteiger partial charge is 0.519 e. The van der Waals surface area contributed by atoms with Crippen LogP contribution < -0.4 is 15.5 Å². The second kappa shape index (κ2) is 28.3. The van der Waals surface area contributed by atoms with Crippen LogP contribution in [0.1, 0.15) is 162 Å². The standard InChI is InChI=1S/C22H32N4O6.C17H24N4O4.C10H18O5.C7H8N4.CH4O/c1-13-14-11-12-25(17(27)30-20(2,3)4)15(14)24-16(23-13)26(18(28)31-21(5,6)7)19(29)32-22(8,9)10;1-10-11-8-9-18-12(11)20-13(19-10)21(14(22)24-16(2,3)4)15(23)25-17(5,6)7;1-9(2,3)14-7(11)13-8(12)15-10(4,5)6;1-4-5-2-3-9-6(5)11-7(8)10-4;1-2/h11-12H,1-10H3;8-9H,1-7H3,(H,18,19,20);1-6H3;2-3H,1H3,(H3,8,9,10,11);2H,1H3. The Morgan fingerprint density at radius 3 is 1.11 bits per heavy atom. The molecular weight excluding hydrogens is 1110 g/mol. The van der Waals surface area contributed by atoms with Crippen LogP contribution in [0.2, 0.25) is 0 Å². The number of carbonyl (C=O) groups is 7. The second-order valence-corrected chi connectivity index (χ2v) is 25.4. The predicted octanol–water partition coefficient (Wildman–Crippen LogP) is 12.5. The molecule has 0 aliphatic carbocycles. The molecule has 4 amide bonds.